The highest BCUT2D eigenvalue weighted by Crippen LogP contribution is 2.23. The molecule has 0 saturated heterocycles. The number of aromatic hydroxyl groups is 1. The highest BCUT2D eigenvalue weighted by Gasteiger charge is 2.18. The molecule has 0 aliphatic carbocycles. The van der Waals surface area contributed by atoms with E-state index >= 15 is 0 Å². The van der Waals surface area contributed by atoms with E-state index in [9.17, 15) is 9.90 Å². The van der Waals surface area contributed by atoms with Gasteiger partial charge in [-0.1, -0.05) is 12.1 Å². The van der Waals surface area contributed by atoms with Crippen LogP contribution < -0.4 is 0 Å². The third-order valence-electron chi connectivity index (χ3n) is 2.71. The number of aromatic nitrogens is 2. The molecule has 0 aliphatic heterocycles. The fraction of sp³-hybridized carbons (Fsp3) is 0.231. The maximum atomic E-state index is 11.4. The van der Waals surface area contributed by atoms with E-state index < -0.39 is 0 Å². The van der Waals surface area contributed by atoms with Gasteiger partial charge in [0.1, 0.15) is 5.75 Å². The van der Waals surface area contributed by atoms with E-state index in [0.29, 0.717) is 0 Å². The lowest BCUT2D eigenvalue weighted by Crippen LogP contribution is -2.16. The summed E-state index contributed by atoms with van der Waals surface area (Å²) < 4.78 is 6.39. The van der Waals surface area contributed by atoms with Crippen molar-refractivity contribution in [2.45, 2.75) is 12.5 Å². The van der Waals surface area contributed by atoms with E-state index in [2.05, 4.69) is 5.10 Å². The van der Waals surface area contributed by atoms with Crippen molar-refractivity contribution in [1.29, 1.82) is 0 Å². The Bertz CT molecular complexity index is 506. The number of hydrogen-bond donors (Lipinski definition) is 1. The Hall–Kier alpha value is -2.30. The summed E-state index contributed by atoms with van der Waals surface area (Å²) in [6.07, 6.45) is 3.65. The molecule has 0 spiro atoms. The van der Waals surface area contributed by atoms with Gasteiger partial charge in [0, 0.05) is 12.4 Å². The van der Waals surface area contributed by atoms with Gasteiger partial charge in [-0.3, -0.25) is 9.48 Å². The summed E-state index contributed by atoms with van der Waals surface area (Å²) in [5, 5.41) is 13.4. The van der Waals surface area contributed by atoms with Crippen LogP contribution in [-0.4, -0.2) is 28.0 Å². The molecule has 1 heterocycles. The van der Waals surface area contributed by atoms with Crippen molar-refractivity contribution in [1.82, 2.24) is 9.78 Å². The second-order valence-corrected chi connectivity index (χ2v) is 3.87. The smallest absolute Gasteiger partial charge is 0.308 e. The van der Waals surface area contributed by atoms with Crippen molar-refractivity contribution >= 4 is 5.97 Å². The van der Waals surface area contributed by atoms with Crippen LogP contribution >= 0.6 is 0 Å². The average Bonchev–Trinajstić information content (AvgIpc) is 2.90. The molecule has 1 aromatic carbocycles. The lowest BCUT2D eigenvalue weighted by Gasteiger charge is -2.17. The molecular formula is C13H14N2O3. The molecule has 0 unspecified atom stereocenters. The van der Waals surface area contributed by atoms with Crippen LogP contribution in [0.25, 0.3) is 0 Å². The maximum absolute atomic E-state index is 11.4. The summed E-state index contributed by atoms with van der Waals surface area (Å²) in [5.74, 6) is -0.111. The fourth-order valence-corrected chi connectivity index (χ4v) is 1.77. The molecule has 5 heteroatoms. The molecule has 2 aromatic rings. The van der Waals surface area contributed by atoms with Gasteiger partial charge < -0.3 is 9.84 Å². The quantitative estimate of drug-likeness (QED) is 0.834. The Morgan fingerprint density at radius 2 is 2.17 bits per heavy atom. The second kappa shape index (κ2) is 5.35. The van der Waals surface area contributed by atoms with Gasteiger partial charge in [-0.2, -0.15) is 5.10 Å². The number of benzene rings is 1. The Morgan fingerprint density at radius 3 is 2.72 bits per heavy atom. The number of hydrogen-bond acceptors (Lipinski definition) is 4. The van der Waals surface area contributed by atoms with Crippen molar-refractivity contribution in [3.8, 4) is 5.75 Å². The number of methoxy groups -OCH3 is 1. The highest BCUT2D eigenvalue weighted by molar-refractivity contribution is 5.70. The van der Waals surface area contributed by atoms with Crippen LogP contribution in [0.1, 0.15) is 18.0 Å². The molecule has 0 amide bonds. The third-order valence-corrected chi connectivity index (χ3v) is 2.71. The fourth-order valence-electron chi connectivity index (χ4n) is 1.77. The van der Waals surface area contributed by atoms with E-state index in [-0.39, 0.29) is 24.2 Å². The first-order chi connectivity index (χ1) is 8.70. The van der Waals surface area contributed by atoms with Gasteiger partial charge in [0.2, 0.25) is 0 Å². The molecule has 0 bridgehead atoms. The Balaban J connectivity index is 2.30. The zero-order valence-electron chi connectivity index (χ0n) is 9.98. The molecule has 94 valence electrons. The number of carbonyl (C=O) groups is 1. The van der Waals surface area contributed by atoms with Crippen molar-refractivity contribution in [3.05, 3.63) is 48.3 Å². The summed E-state index contributed by atoms with van der Waals surface area (Å²) in [6, 6.07) is 8.28. The lowest BCUT2D eigenvalue weighted by atomic mass is 10.0. The van der Waals surface area contributed by atoms with Crippen LogP contribution in [0.4, 0.5) is 0 Å². The Kier molecular flexibility index (Phi) is 3.62. The molecule has 1 atom stereocenters. The topological polar surface area (TPSA) is 64.3 Å². The second-order valence-electron chi connectivity index (χ2n) is 3.87. The number of phenolic OH excluding ortho intramolecular Hbond substituents is 1. The number of ether oxygens (including phenoxy) is 1. The molecule has 5 nitrogen and oxygen atoms in total. The summed E-state index contributed by atoms with van der Waals surface area (Å²) in [4.78, 5) is 11.4. The molecule has 1 N–H and O–H groups in total. The van der Waals surface area contributed by atoms with Gasteiger partial charge >= 0.3 is 5.97 Å². The molecule has 0 radical (unpaired) electrons. The molecule has 0 fully saturated rings. The third kappa shape index (κ3) is 2.68. The van der Waals surface area contributed by atoms with Crippen molar-refractivity contribution < 1.29 is 14.6 Å². The molecule has 0 aliphatic rings. The standard InChI is InChI=1S/C13H14N2O3/c1-18-13(17)9-12(15-8-2-7-14-15)10-3-5-11(16)6-4-10/h2-8,12,16H,9H2,1H3/t12-/m0/s1. The number of phenols is 1. The SMILES string of the molecule is COC(=O)C[C@@H](c1ccc(O)cc1)n1cccn1. The van der Waals surface area contributed by atoms with Crippen molar-refractivity contribution in [3.63, 3.8) is 0 Å². The highest BCUT2D eigenvalue weighted by atomic mass is 16.5. The van der Waals surface area contributed by atoms with E-state index in [1.807, 2.05) is 0 Å². The first-order valence-electron chi connectivity index (χ1n) is 5.55. The van der Waals surface area contributed by atoms with Crippen LogP contribution in [-0.2, 0) is 9.53 Å². The summed E-state index contributed by atoms with van der Waals surface area (Å²) in [6.45, 7) is 0. The zero-order chi connectivity index (χ0) is 13.0. The molecule has 2 rings (SSSR count). The average molecular weight is 246 g/mol. The number of carbonyl (C=O) groups excluding carboxylic acids is 1. The minimum Gasteiger partial charge on any atom is -0.508 e. The van der Waals surface area contributed by atoms with Gasteiger partial charge in [-0.05, 0) is 23.8 Å². The van der Waals surface area contributed by atoms with Crippen LogP contribution in [0.5, 0.6) is 5.75 Å². The largest absolute Gasteiger partial charge is 0.508 e. The first-order valence-corrected chi connectivity index (χ1v) is 5.55. The van der Waals surface area contributed by atoms with Gasteiger partial charge in [-0.25, -0.2) is 0 Å². The number of rotatable bonds is 4. The monoisotopic (exact) mass is 246 g/mol. The maximum Gasteiger partial charge on any atom is 0.308 e. The van der Waals surface area contributed by atoms with Crippen molar-refractivity contribution in [2.75, 3.05) is 7.11 Å². The summed E-state index contributed by atoms with van der Waals surface area (Å²) in [5.41, 5.74) is 0.891. The zero-order valence-corrected chi connectivity index (χ0v) is 9.98. The molecular weight excluding hydrogens is 232 g/mol. The molecule has 18 heavy (non-hydrogen) atoms. The van der Waals surface area contributed by atoms with Gasteiger partial charge in [0.05, 0.1) is 19.6 Å². The van der Waals surface area contributed by atoms with E-state index in [1.54, 1.807) is 47.4 Å². The normalized spacial score (nSPS) is 12.1. The number of nitrogens with zero attached hydrogens (tertiary/aromatic N) is 2. The molecule has 0 saturated carbocycles. The van der Waals surface area contributed by atoms with Crippen molar-refractivity contribution in [2.24, 2.45) is 0 Å². The van der Waals surface area contributed by atoms with Gasteiger partial charge in [0.25, 0.3) is 0 Å². The van der Waals surface area contributed by atoms with E-state index in [4.69, 9.17) is 4.74 Å². The van der Waals surface area contributed by atoms with Crippen LogP contribution in [0.2, 0.25) is 0 Å². The first kappa shape index (κ1) is 12.2. The van der Waals surface area contributed by atoms with Crippen LogP contribution in [0.15, 0.2) is 42.7 Å². The van der Waals surface area contributed by atoms with Crippen LogP contribution in [0.3, 0.4) is 0 Å². The molecule has 1 aromatic heterocycles. The number of esters is 1. The van der Waals surface area contributed by atoms with Crippen LogP contribution in [0, 0.1) is 0 Å². The minimum atomic E-state index is -0.302. The van der Waals surface area contributed by atoms with E-state index in [0.717, 1.165) is 5.56 Å². The summed E-state index contributed by atoms with van der Waals surface area (Å²) in [7, 11) is 1.36. The summed E-state index contributed by atoms with van der Waals surface area (Å²) >= 11 is 0. The minimum absolute atomic E-state index is 0.191. The van der Waals surface area contributed by atoms with E-state index in [1.165, 1.54) is 7.11 Å². The predicted octanol–water partition coefficient (Wildman–Crippen LogP) is 1.74. The predicted molar refractivity (Wildman–Crippen MR) is 65.1 cm³/mol. The lowest BCUT2D eigenvalue weighted by molar-refractivity contribution is -0.141. The van der Waals surface area contributed by atoms with Gasteiger partial charge in [-0.15, -0.1) is 0 Å². The Morgan fingerprint density at radius 1 is 1.44 bits per heavy atom. The van der Waals surface area contributed by atoms with Gasteiger partial charge in [0.15, 0.2) is 0 Å². The Labute approximate surface area is 105 Å².